The van der Waals surface area contributed by atoms with Crippen molar-refractivity contribution in [2.45, 2.75) is 31.8 Å². The fourth-order valence-corrected chi connectivity index (χ4v) is 3.74. The van der Waals surface area contributed by atoms with E-state index in [2.05, 4.69) is 14.9 Å². The molecule has 3 heterocycles. The summed E-state index contributed by atoms with van der Waals surface area (Å²) in [6, 6.07) is 5.25. The summed E-state index contributed by atoms with van der Waals surface area (Å²) in [6.07, 6.45) is 3.57. The third-order valence-corrected chi connectivity index (χ3v) is 5.58. The summed E-state index contributed by atoms with van der Waals surface area (Å²) in [7, 11) is 0. The van der Waals surface area contributed by atoms with Crippen molar-refractivity contribution < 1.29 is 10.2 Å². The molecule has 0 bridgehead atoms. The maximum atomic E-state index is 12.3. The van der Waals surface area contributed by atoms with Gasteiger partial charge in [0.1, 0.15) is 23.3 Å². The van der Waals surface area contributed by atoms with E-state index < -0.39 is 18.3 Å². The summed E-state index contributed by atoms with van der Waals surface area (Å²) in [5, 5.41) is 28.6. The lowest BCUT2D eigenvalue weighted by molar-refractivity contribution is 0.0925. The SMILES string of the molecule is N#Cc1c(N2CCC3(CC2)CC3)c2nc(C(O)CO)ccc2[nH]c1=O. The van der Waals surface area contributed by atoms with Crippen molar-refractivity contribution in [2.24, 2.45) is 5.41 Å². The molecule has 1 aliphatic heterocycles. The number of hydrogen-bond donors (Lipinski definition) is 3. The molecule has 1 saturated heterocycles. The second kappa shape index (κ2) is 5.83. The average molecular weight is 340 g/mol. The highest BCUT2D eigenvalue weighted by Gasteiger charge is 2.45. The minimum Gasteiger partial charge on any atom is -0.393 e. The number of rotatable bonds is 3. The molecule has 3 N–H and O–H groups in total. The maximum Gasteiger partial charge on any atom is 0.268 e. The number of nitrogens with zero attached hydrogens (tertiary/aromatic N) is 3. The number of pyridine rings is 2. The lowest BCUT2D eigenvalue weighted by Gasteiger charge is -2.34. The van der Waals surface area contributed by atoms with Gasteiger partial charge in [0.25, 0.3) is 5.56 Å². The minimum absolute atomic E-state index is 0.0578. The van der Waals surface area contributed by atoms with Crippen molar-refractivity contribution in [1.29, 1.82) is 5.26 Å². The zero-order valence-corrected chi connectivity index (χ0v) is 13.8. The molecule has 4 rings (SSSR count). The normalized spacial score (nSPS) is 19.8. The Kier molecular flexibility index (Phi) is 3.74. The topological polar surface area (TPSA) is 113 Å². The van der Waals surface area contributed by atoms with Crippen LogP contribution in [0.2, 0.25) is 0 Å². The number of H-pyrrole nitrogens is 1. The molecule has 1 unspecified atom stereocenters. The van der Waals surface area contributed by atoms with E-state index >= 15 is 0 Å². The van der Waals surface area contributed by atoms with Crippen LogP contribution in [-0.2, 0) is 0 Å². The van der Waals surface area contributed by atoms with Gasteiger partial charge in [-0.25, -0.2) is 4.98 Å². The van der Waals surface area contributed by atoms with Gasteiger partial charge in [-0.15, -0.1) is 0 Å². The number of aliphatic hydroxyl groups excluding tert-OH is 2. The standard InChI is InChI=1S/C18H20N4O3/c19-9-11-16(22-7-5-18(3-4-18)6-8-22)15-13(21-17(11)25)2-1-12(20-15)14(24)10-23/h1-2,14,23-24H,3-8,10H2,(H,21,25). The Labute approximate surface area is 144 Å². The van der Waals surface area contributed by atoms with Gasteiger partial charge >= 0.3 is 0 Å². The zero-order chi connectivity index (χ0) is 17.6. The monoisotopic (exact) mass is 340 g/mol. The number of nitrogens with one attached hydrogen (secondary N) is 1. The average Bonchev–Trinajstić information content (AvgIpc) is 3.39. The third-order valence-electron chi connectivity index (χ3n) is 5.58. The predicted octanol–water partition coefficient (Wildman–Crippen LogP) is 1.20. The predicted molar refractivity (Wildman–Crippen MR) is 92.2 cm³/mol. The van der Waals surface area contributed by atoms with Crippen LogP contribution in [0.5, 0.6) is 0 Å². The summed E-state index contributed by atoms with van der Waals surface area (Å²) in [6.45, 7) is 1.15. The molecule has 7 nitrogen and oxygen atoms in total. The number of fused-ring (bicyclic) bond motifs is 1. The minimum atomic E-state index is -1.09. The number of aliphatic hydroxyl groups is 2. The first-order valence-electron chi connectivity index (χ1n) is 8.58. The van der Waals surface area contributed by atoms with Gasteiger partial charge in [0, 0.05) is 13.1 Å². The van der Waals surface area contributed by atoms with E-state index in [-0.39, 0.29) is 5.56 Å². The highest BCUT2D eigenvalue weighted by atomic mass is 16.3. The lowest BCUT2D eigenvalue weighted by Crippen LogP contribution is -2.36. The van der Waals surface area contributed by atoms with Crippen LogP contribution in [0.4, 0.5) is 5.69 Å². The molecule has 2 aliphatic rings. The lowest BCUT2D eigenvalue weighted by atomic mass is 9.93. The van der Waals surface area contributed by atoms with Gasteiger partial charge < -0.3 is 20.1 Å². The zero-order valence-electron chi connectivity index (χ0n) is 13.8. The summed E-state index contributed by atoms with van der Waals surface area (Å²) >= 11 is 0. The summed E-state index contributed by atoms with van der Waals surface area (Å²) in [4.78, 5) is 21.5. The molecule has 0 radical (unpaired) electrons. The summed E-state index contributed by atoms with van der Waals surface area (Å²) in [5.74, 6) is 0. The fourth-order valence-electron chi connectivity index (χ4n) is 3.74. The van der Waals surface area contributed by atoms with Crippen molar-refractivity contribution in [2.75, 3.05) is 24.6 Å². The van der Waals surface area contributed by atoms with Gasteiger partial charge in [-0.3, -0.25) is 4.79 Å². The Morgan fingerprint density at radius 1 is 1.32 bits per heavy atom. The number of aromatic nitrogens is 2. The Hall–Kier alpha value is -2.43. The van der Waals surface area contributed by atoms with E-state index in [4.69, 9.17) is 0 Å². The first kappa shape index (κ1) is 16.1. The van der Waals surface area contributed by atoms with E-state index in [0.717, 1.165) is 25.9 Å². The van der Waals surface area contributed by atoms with Crippen molar-refractivity contribution in [3.63, 3.8) is 0 Å². The van der Waals surface area contributed by atoms with E-state index in [9.17, 15) is 20.3 Å². The molecule has 2 aromatic heterocycles. The number of aromatic amines is 1. The molecule has 0 aromatic carbocycles. The van der Waals surface area contributed by atoms with Gasteiger partial charge in [-0.2, -0.15) is 5.26 Å². The summed E-state index contributed by atoms with van der Waals surface area (Å²) in [5.41, 5.74) is 2.00. The fraction of sp³-hybridized carbons (Fsp3) is 0.500. The molecule has 2 aromatic rings. The Morgan fingerprint density at radius 2 is 2.04 bits per heavy atom. The molecule has 0 amide bonds. The molecule has 130 valence electrons. The van der Waals surface area contributed by atoms with Crippen LogP contribution >= 0.6 is 0 Å². The molecule has 1 atom stereocenters. The van der Waals surface area contributed by atoms with Crippen molar-refractivity contribution in [1.82, 2.24) is 9.97 Å². The van der Waals surface area contributed by atoms with Crippen LogP contribution in [-0.4, -0.2) is 39.9 Å². The number of hydrogen-bond acceptors (Lipinski definition) is 6. The van der Waals surface area contributed by atoms with E-state index in [1.54, 1.807) is 12.1 Å². The quantitative estimate of drug-likeness (QED) is 0.774. The van der Waals surface area contributed by atoms with Crippen LogP contribution in [0.3, 0.4) is 0 Å². The van der Waals surface area contributed by atoms with Crippen molar-refractivity contribution >= 4 is 16.7 Å². The van der Waals surface area contributed by atoms with E-state index in [1.165, 1.54) is 12.8 Å². The smallest absolute Gasteiger partial charge is 0.268 e. The number of nitriles is 1. The molecule has 1 aliphatic carbocycles. The Bertz CT molecular complexity index is 916. The van der Waals surface area contributed by atoms with Crippen LogP contribution in [0.15, 0.2) is 16.9 Å². The van der Waals surface area contributed by atoms with Crippen LogP contribution < -0.4 is 10.5 Å². The highest BCUT2D eigenvalue weighted by Crippen LogP contribution is 2.54. The van der Waals surface area contributed by atoms with E-state index in [0.29, 0.717) is 27.8 Å². The highest BCUT2D eigenvalue weighted by molar-refractivity contribution is 5.91. The maximum absolute atomic E-state index is 12.3. The molecular formula is C18H20N4O3. The largest absolute Gasteiger partial charge is 0.393 e. The van der Waals surface area contributed by atoms with Gasteiger partial charge in [-0.05, 0) is 43.2 Å². The number of anilines is 1. The van der Waals surface area contributed by atoms with Gasteiger partial charge in [-0.1, -0.05) is 0 Å². The van der Waals surface area contributed by atoms with Crippen LogP contribution in [0.25, 0.3) is 11.0 Å². The van der Waals surface area contributed by atoms with Gasteiger partial charge in [0.2, 0.25) is 0 Å². The van der Waals surface area contributed by atoms with Gasteiger partial charge in [0.15, 0.2) is 0 Å². The molecule has 7 heteroatoms. The molecular weight excluding hydrogens is 320 g/mol. The van der Waals surface area contributed by atoms with Gasteiger partial charge in [0.05, 0.1) is 23.5 Å². The molecule has 1 saturated carbocycles. The van der Waals surface area contributed by atoms with Crippen LogP contribution in [0.1, 0.15) is 43.0 Å². The van der Waals surface area contributed by atoms with Crippen molar-refractivity contribution in [3.05, 3.63) is 33.7 Å². The molecule has 25 heavy (non-hydrogen) atoms. The summed E-state index contributed by atoms with van der Waals surface area (Å²) < 4.78 is 0. The second-order valence-corrected chi connectivity index (χ2v) is 7.11. The molecule has 1 spiro atoms. The number of piperidine rings is 1. The first-order valence-corrected chi connectivity index (χ1v) is 8.58. The van der Waals surface area contributed by atoms with E-state index in [1.807, 2.05) is 6.07 Å². The third kappa shape index (κ3) is 2.68. The van der Waals surface area contributed by atoms with Crippen LogP contribution in [0, 0.1) is 16.7 Å². The first-order chi connectivity index (χ1) is 12.1. The Morgan fingerprint density at radius 3 is 2.64 bits per heavy atom. The Balaban J connectivity index is 1.86. The molecule has 2 fully saturated rings. The van der Waals surface area contributed by atoms with Crippen molar-refractivity contribution in [3.8, 4) is 6.07 Å². The second-order valence-electron chi connectivity index (χ2n) is 7.11.